The summed E-state index contributed by atoms with van der Waals surface area (Å²) in [6.45, 7) is 2.83. The zero-order valence-corrected chi connectivity index (χ0v) is 15.8. The maximum Gasteiger partial charge on any atom is 0.417 e. The van der Waals surface area contributed by atoms with Gasteiger partial charge in [-0.3, -0.25) is 9.69 Å². The maximum absolute atomic E-state index is 12.7. The molecule has 0 unspecified atom stereocenters. The number of carbonyl (C=O) groups is 1. The van der Waals surface area contributed by atoms with Crippen molar-refractivity contribution in [3.63, 3.8) is 0 Å². The summed E-state index contributed by atoms with van der Waals surface area (Å²) in [6, 6.07) is 9.38. The van der Waals surface area contributed by atoms with E-state index in [9.17, 15) is 18.0 Å². The van der Waals surface area contributed by atoms with Gasteiger partial charge in [0.15, 0.2) is 0 Å². The highest BCUT2D eigenvalue weighted by atomic mass is 35.5. The lowest BCUT2D eigenvalue weighted by Crippen LogP contribution is -2.36. The fraction of sp³-hybridized carbons (Fsp3) is 0.368. The molecule has 0 aliphatic carbocycles. The van der Waals surface area contributed by atoms with Gasteiger partial charge in [-0.15, -0.1) is 0 Å². The second kappa shape index (κ2) is 8.79. The number of rotatable bonds is 4. The second-order valence-corrected chi connectivity index (χ2v) is 7.01. The van der Waals surface area contributed by atoms with Crippen LogP contribution in [-0.4, -0.2) is 48.5 Å². The zero-order valence-electron chi connectivity index (χ0n) is 15.0. The van der Waals surface area contributed by atoms with Crippen molar-refractivity contribution in [3.8, 4) is 0 Å². The quantitative estimate of drug-likeness (QED) is 0.827. The molecule has 1 aromatic carbocycles. The van der Waals surface area contributed by atoms with Crippen LogP contribution >= 0.6 is 11.6 Å². The van der Waals surface area contributed by atoms with E-state index in [1.54, 1.807) is 24.3 Å². The molecule has 1 amide bonds. The van der Waals surface area contributed by atoms with E-state index in [0.717, 1.165) is 25.2 Å². The Morgan fingerprint density at radius 3 is 2.64 bits per heavy atom. The van der Waals surface area contributed by atoms with E-state index in [1.807, 2.05) is 9.80 Å². The summed E-state index contributed by atoms with van der Waals surface area (Å²) in [5, 5.41) is 3.36. The number of hydrogen-bond acceptors (Lipinski definition) is 4. The smallest absolute Gasteiger partial charge is 0.355 e. The topological polar surface area (TPSA) is 48.5 Å². The molecule has 0 radical (unpaired) electrons. The number of hydrogen-bond donors (Lipinski definition) is 1. The van der Waals surface area contributed by atoms with Crippen LogP contribution in [0.5, 0.6) is 0 Å². The molecule has 1 aliphatic rings. The van der Waals surface area contributed by atoms with E-state index >= 15 is 0 Å². The van der Waals surface area contributed by atoms with Gasteiger partial charge in [-0.25, -0.2) is 4.98 Å². The monoisotopic (exact) mass is 412 g/mol. The number of nitrogens with one attached hydrogen (secondary N) is 1. The summed E-state index contributed by atoms with van der Waals surface area (Å²) in [4.78, 5) is 20.2. The molecule has 5 nitrogen and oxygen atoms in total. The summed E-state index contributed by atoms with van der Waals surface area (Å²) >= 11 is 5.92. The molecule has 0 saturated carbocycles. The minimum atomic E-state index is -4.39. The van der Waals surface area contributed by atoms with Crippen molar-refractivity contribution in [1.82, 2.24) is 9.88 Å². The van der Waals surface area contributed by atoms with Gasteiger partial charge in [-0.1, -0.05) is 17.7 Å². The number of carbonyl (C=O) groups excluding carboxylic acids is 1. The fourth-order valence-electron chi connectivity index (χ4n) is 3.07. The number of amides is 1. The van der Waals surface area contributed by atoms with Gasteiger partial charge >= 0.3 is 6.18 Å². The van der Waals surface area contributed by atoms with Gasteiger partial charge in [0.25, 0.3) is 0 Å². The van der Waals surface area contributed by atoms with Gasteiger partial charge in [0.2, 0.25) is 5.91 Å². The average Bonchev–Trinajstić information content (AvgIpc) is 2.86. The van der Waals surface area contributed by atoms with Crippen LogP contribution < -0.4 is 10.2 Å². The molecule has 1 fully saturated rings. The third-order valence-corrected chi connectivity index (χ3v) is 4.70. The fourth-order valence-corrected chi connectivity index (χ4v) is 3.26. The molecule has 9 heteroatoms. The molecule has 1 aromatic heterocycles. The molecule has 28 heavy (non-hydrogen) atoms. The van der Waals surface area contributed by atoms with Gasteiger partial charge in [-0.2, -0.15) is 13.2 Å². The molecule has 2 heterocycles. The van der Waals surface area contributed by atoms with Crippen LogP contribution in [0.3, 0.4) is 0 Å². The predicted molar refractivity (Wildman–Crippen MR) is 103 cm³/mol. The number of aromatic nitrogens is 1. The first-order valence-corrected chi connectivity index (χ1v) is 9.25. The number of alkyl halides is 3. The van der Waals surface area contributed by atoms with Crippen LogP contribution in [0.2, 0.25) is 5.02 Å². The Bertz CT molecular complexity index is 814. The highest BCUT2D eigenvalue weighted by molar-refractivity contribution is 6.30. The molecule has 1 N–H and O–H groups in total. The van der Waals surface area contributed by atoms with Crippen LogP contribution in [-0.2, 0) is 11.0 Å². The van der Waals surface area contributed by atoms with Gasteiger partial charge in [0, 0.05) is 43.1 Å². The summed E-state index contributed by atoms with van der Waals surface area (Å²) < 4.78 is 38.0. The normalized spacial score (nSPS) is 15.9. The highest BCUT2D eigenvalue weighted by Gasteiger charge is 2.31. The Hall–Kier alpha value is -2.32. The van der Waals surface area contributed by atoms with Gasteiger partial charge < -0.3 is 10.2 Å². The maximum atomic E-state index is 12.7. The largest absolute Gasteiger partial charge is 0.417 e. The zero-order chi connectivity index (χ0) is 20.1. The number of halogens is 4. The van der Waals surface area contributed by atoms with Crippen molar-refractivity contribution < 1.29 is 18.0 Å². The van der Waals surface area contributed by atoms with Gasteiger partial charge in [0.05, 0.1) is 12.1 Å². The molecule has 1 aliphatic heterocycles. The number of pyridine rings is 1. The van der Waals surface area contributed by atoms with Crippen molar-refractivity contribution in [1.29, 1.82) is 0 Å². The van der Waals surface area contributed by atoms with Crippen LogP contribution in [0.25, 0.3) is 0 Å². The minimum Gasteiger partial charge on any atom is -0.355 e. The summed E-state index contributed by atoms with van der Waals surface area (Å²) in [5.41, 5.74) is -0.117. The van der Waals surface area contributed by atoms with Crippen molar-refractivity contribution in [3.05, 3.63) is 53.2 Å². The van der Waals surface area contributed by atoms with Crippen molar-refractivity contribution >= 4 is 29.0 Å². The van der Waals surface area contributed by atoms with Crippen LogP contribution in [0.15, 0.2) is 42.6 Å². The molecule has 150 valence electrons. The van der Waals surface area contributed by atoms with E-state index in [-0.39, 0.29) is 12.5 Å². The van der Waals surface area contributed by atoms with Gasteiger partial charge in [-0.05, 0) is 36.8 Å². The molecule has 1 saturated heterocycles. The molecular weight excluding hydrogens is 393 g/mol. The lowest BCUT2D eigenvalue weighted by molar-refractivity contribution is -0.137. The minimum absolute atomic E-state index is 0.136. The summed E-state index contributed by atoms with van der Waals surface area (Å²) in [6.07, 6.45) is -2.75. The van der Waals surface area contributed by atoms with Gasteiger partial charge in [0.1, 0.15) is 5.82 Å². The van der Waals surface area contributed by atoms with Crippen LogP contribution in [0, 0.1) is 0 Å². The van der Waals surface area contributed by atoms with E-state index in [1.165, 1.54) is 6.07 Å². The molecule has 2 aromatic rings. The Morgan fingerprint density at radius 1 is 1.14 bits per heavy atom. The molecular formula is C19H20ClF3N4O. The number of benzene rings is 1. The van der Waals surface area contributed by atoms with Crippen molar-refractivity contribution in [2.75, 3.05) is 42.9 Å². The Morgan fingerprint density at radius 2 is 1.96 bits per heavy atom. The standard InChI is InChI=1S/C19H20ClF3N4O/c20-15-3-1-4-16(11-15)25-18(28)13-26-7-2-8-27(10-9-26)17-6-5-14(12-24-17)19(21,22)23/h1,3-6,11-12H,2,7-10,13H2,(H,25,28). The first kappa shape index (κ1) is 20.4. The Labute approximate surface area is 166 Å². The summed E-state index contributed by atoms with van der Waals surface area (Å²) in [5.74, 6) is 0.376. The molecule has 0 spiro atoms. The molecule has 0 atom stereocenters. The Kier molecular flexibility index (Phi) is 6.41. The van der Waals surface area contributed by atoms with Crippen LogP contribution in [0.4, 0.5) is 24.7 Å². The first-order valence-electron chi connectivity index (χ1n) is 8.87. The van der Waals surface area contributed by atoms with E-state index < -0.39 is 11.7 Å². The van der Waals surface area contributed by atoms with E-state index in [4.69, 9.17) is 11.6 Å². The Balaban J connectivity index is 1.54. The van der Waals surface area contributed by atoms with Crippen LogP contribution in [0.1, 0.15) is 12.0 Å². The lowest BCUT2D eigenvalue weighted by atomic mass is 10.2. The van der Waals surface area contributed by atoms with E-state index in [0.29, 0.717) is 36.2 Å². The third-order valence-electron chi connectivity index (χ3n) is 4.46. The lowest BCUT2D eigenvalue weighted by Gasteiger charge is -2.22. The van der Waals surface area contributed by atoms with Crippen molar-refractivity contribution in [2.24, 2.45) is 0 Å². The predicted octanol–water partition coefficient (Wildman–Crippen LogP) is 3.90. The average molecular weight is 413 g/mol. The SMILES string of the molecule is O=C(CN1CCCN(c2ccc(C(F)(F)F)cn2)CC1)Nc1cccc(Cl)c1. The second-order valence-electron chi connectivity index (χ2n) is 6.58. The third kappa shape index (κ3) is 5.59. The number of anilines is 2. The molecule has 3 rings (SSSR count). The first-order chi connectivity index (χ1) is 13.3. The highest BCUT2D eigenvalue weighted by Crippen LogP contribution is 2.29. The summed E-state index contributed by atoms with van der Waals surface area (Å²) in [7, 11) is 0. The number of nitrogens with zero attached hydrogens (tertiary/aromatic N) is 3. The molecule has 0 bridgehead atoms. The van der Waals surface area contributed by atoms with E-state index in [2.05, 4.69) is 10.3 Å². The van der Waals surface area contributed by atoms with Crippen molar-refractivity contribution in [2.45, 2.75) is 12.6 Å².